The van der Waals surface area contributed by atoms with Crippen LogP contribution in [0.5, 0.6) is 0 Å². The minimum atomic E-state index is -0.809. The van der Waals surface area contributed by atoms with E-state index >= 15 is 0 Å². The molecule has 1 saturated heterocycles. The number of aromatic amines is 1. The van der Waals surface area contributed by atoms with Crippen molar-refractivity contribution in [2.24, 2.45) is 0 Å². The molecule has 0 spiro atoms. The van der Waals surface area contributed by atoms with Crippen molar-refractivity contribution in [3.63, 3.8) is 0 Å². The molecule has 1 aliphatic heterocycles. The minimum absolute atomic E-state index is 0.0513. The second-order valence-electron chi connectivity index (χ2n) is 7.98. The summed E-state index contributed by atoms with van der Waals surface area (Å²) in [5.74, 6) is -1.39. The maximum absolute atomic E-state index is 13.2. The highest BCUT2D eigenvalue weighted by molar-refractivity contribution is 6.51. The zero-order valence-electron chi connectivity index (χ0n) is 17.7. The number of rotatable bonds is 3. The van der Waals surface area contributed by atoms with Crippen LogP contribution in [0.2, 0.25) is 0 Å². The third kappa shape index (κ3) is 3.08. The Labute approximate surface area is 184 Å². The number of Topliss-reactive ketones (excluding diaryl/α,β-unsaturated/α-hetero) is 1. The first-order valence-corrected chi connectivity index (χ1v) is 10.3. The molecule has 3 aromatic carbocycles. The van der Waals surface area contributed by atoms with Crippen molar-refractivity contribution in [2.45, 2.75) is 19.9 Å². The molecule has 2 N–H and O–H groups in total. The molecule has 0 aliphatic carbocycles. The van der Waals surface area contributed by atoms with Crippen LogP contribution in [0, 0.1) is 13.8 Å². The van der Waals surface area contributed by atoms with Crippen molar-refractivity contribution < 1.29 is 14.7 Å². The van der Waals surface area contributed by atoms with Gasteiger partial charge < -0.3 is 10.1 Å². The number of imidazole rings is 1. The van der Waals surface area contributed by atoms with Gasteiger partial charge in [-0.1, -0.05) is 60.2 Å². The number of carbonyl (C=O) groups is 2. The van der Waals surface area contributed by atoms with Crippen LogP contribution in [0.3, 0.4) is 0 Å². The van der Waals surface area contributed by atoms with Crippen molar-refractivity contribution in [3.05, 3.63) is 101 Å². The molecule has 6 nitrogen and oxygen atoms in total. The molecule has 5 rings (SSSR count). The monoisotopic (exact) mass is 423 g/mol. The van der Waals surface area contributed by atoms with E-state index in [0.717, 1.165) is 16.6 Å². The number of fused-ring (bicyclic) bond motifs is 1. The maximum Gasteiger partial charge on any atom is 0.302 e. The number of aliphatic hydroxyl groups is 1. The van der Waals surface area contributed by atoms with E-state index in [0.29, 0.717) is 16.6 Å². The Morgan fingerprint density at radius 3 is 2.44 bits per heavy atom. The summed E-state index contributed by atoms with van der Waals surface area (Å²) in [4.78, 5) is 35.5. The number of aliphatic hydroxyl groups excluding tert-OH is 1. The first kappa shape index (κ1) is 19.8. The van der Waals surface area contributed by atoms with E-state index in [9.17, 15) is 14.7 Å². The summed E-state index contributed by atoms with van der Waals surface area (Å²) in [7, 11) is 0. The zero-order chi connectivity index (χ0) is 22.4. The maximum atomic E-state index is 13.2. The highest BCUT2D eigenvalue weighted by Crippen LogP contribution is 2.42. The SMILES string of the molecule is Cc1ccc(C)c(/C(O)=C2\C(=O)C(=O)N(c3nc4ccccc4[nH]3)C2c2ccccc2)c1. The fourth-order valence-electron chi connectivity index (χ4n) is 4.19. The summed E-state index contributed by atoms with van der Waals surface area (Å²) in [6.07, 6.45) is 0. The summed E-state index contributed by atoms with van der Waals surface area (Å²) in [6, 6.07) is 21.5. The lowest BCUT2D eigenvalue weighted by Gasteiger charge is -2.23. The first-order chi connectivity index (χ1) is 15.5. The molecule has 0 saturated carbocycles. The van der Waals surface area contributed by atoms with Gasteiger partial charge >= 0.3 is 5.91 Å². The van der Waals surface area contributed by atoms with Gasteiger partial charge in [0.25, 0.3) is 5.78 Å². The second-order valence-corrected chi connectivity index (χ2v) is 7.98. The van der Waals surface area contributed by atoms with Crippen molar-refractivity contribution in [1.82, 2.24) is 9.97 Å². The molecule has 158 valence electrons. The van der Waals surface area contributed by atoms with Gasteiger partial charge in [0.15, 0.2) is 0 Å². The number of para-hydroxylation sites is 2. The fraction of sp³-hybridized carbons (Fsp3) is 0.115. The minimum Gasteiger partial charge on any atom is -0.507 e. The average Bonchev–Trinajstić information content (AvgIpc) is 3.34. The van der Waals surface area contributed by atoms with Crippen LogP contribution < -0.4 is 4.90 Å². The Balaban J connectivity index is 1.76. The highest BCUT2D eigenvalue weighted by Gasteiger charge is 2.48. The quantitative estimate of drug-likeness (QED) is 0.281. The lowest BCUT2D eigenvalue weighted by molar-refractivity contribution is -0.132. The van der Waals surface area contributed by atoms with Crippen LogP contribution in [0.1, 0.15) is 28.3 Å². The molecular weight excluding hydrogens is 402 g/mol. The summed E-state index contributed by atoms with van der Waals surface area (Å²) < 4.78 is 0. The fourth-order valence-corrected chi connectivity index (χ4v) is 4.19. The molecule has 1 aliphatic rings. The number of hydrogen-bond acceptors (Lipinski definition) is 4. The number of aromatic nitrogens is 2. The summed E-state index contributed by atoms with van der Waals surface area (Å²) in [5.41, 5.74) is 4.49. The van der Waals surface area contributed by atoms with Gasteiger partial charge in [-0.05, 0) is 43.2 Å². The predicted octanol–water partition coefficient (Wildman–Crippen LogP) is 4.81. The summed E-state index contributed by atoms with van der Waals surface area (Å²) >= 11 is 0. The molecule has 4 aromatic rings. The number of amides is 1. The normalized spacial score (nSPS) is 17.9. The van der Waals surface area contributed by atoms with Gasteiger partial charge in [0.2, 0.25) is 5.95 Å². The van der Waals surface area contributed by atoms with Gasteiger partial charge in [-0.15, -0.1) is 0 Å². The number of H-pyrrole nitrogens is 1. The predicted molar refractivity (Wildman–Crippen MR) is 123 cm³/mol. The van der Waals surface area contributed by atoms with E-state index in [1.165, 1.54) is 4.90 Å². The molecule has 0 radical (unpaired) electrons. The second kappa shape index (κ2) is 7.50. The van der Waals surface area contributed by atoms with Crippen LogP contribution in [0.25, 0.3) is 16.8 Å². The summed E-state index contributed by atoms with van der Waals surface area (Å²) in [5, 5.41) is 11.3. The molecule has 6 heteroatoms. The van der Waals surface area contributed by atoms with E-state index in [1.54, 1.807) is 0 Å². The first-order valence-electron chi connectivity index (χ1n) is 10.3. The van der Waals surface area contributed by atoms with Gasteiger partial charge in [0.05, 0.1) is 22.6 Å². The molecule has 1 fully saturated rings. The van der Waals surface area contributed by atoms with Gasteiger partial charge in [0, 0.05) is 5.56 Å². The van der Waals surface area contributed by atoms with E-state index in [1.807, 2.05) is 86.6 Å². The number of nitrogens with zero attached hydrogens (tertiary/aromatic N) is 2. The largest absolute Gasteiger partial charge is 0.507 e. The van der Waals surface area contributed by atoms with Crippen molar-refractivity contribution in [2.75, 3.05) is 4.90 Å². The van der Waals surface area contributed by atoms with E-state index in [-0.39, 0.29) is 17.3 Å². The van der Waals surface area contributed by atoms with Crippen molar-refractivity contribution >= 4 is 34.4 Å². The number of carbonyl (C=O) groups excluding carboxylic acids is 2. The number of aryl methyl sites for hydroxylation is 2. The van der Waals surface area contributed by atoms with Crippen molar-refractivity contribution in [3.8, 4) is 0 Å². The lowest BCUT2D eigenvalue weighted by Crippen LogP contribution is -2.30. The molecule has 1 atom stereocenters. The molecule has 1 unspecified atom stereocenters. The van der Waals surface area contributed by atoms with Crippen molar-refractivity contribution in [1.29, 1.82) is 0 Å². The van der Waals surface area contributed by atoms with E-state index < -0.39 is 17.7 Å². The summed E-state index contributed by atoms with van der Waals surface area (Å²) in [6.45, 7) is 3.78. The third-order valence-corrected chi connectivity index (χ3v) is 5.81. The Morgan fingerprint density at radius 2 is 1.69 bits per heavy atom. The Morgan fingerprint density at radius 1 is 0.969 bits per heavy atom. The van der Waals surface area contributed by atoms with Crippen LogP contribution >= 0.6 is 0 Å². The van der Waals surface area contributed by atoms with E-state index in [2.05, 4.69) is 9.97 Å². The number of hydrogen-bond donors (Lipinski definition) is 2. The third-order valence-electron chi connectivity index (χ3n) is 5.81. The van der Waals surface area contributed by atoms with Crippen LogP contribution in [-0.4, -0.2) is 26.8 Å². The molecule has 32 heavy (non-hydrogen) atoms. The van der Waals surface area contributed by atoms with Crippen LogP contribution in [-0.2, 0) is 9.59 Å². The molecule has 0 bridgehead atoms. The molecule has 1 amide bonds. The number of nitrogens with one attached hydrogen (secondary N) is 1. The van der Waals surface area contributed by atoms with E-state index in [4.69, 9.17) is 0 Å². The van der Waals surface area contributed by atoms with Gasteiger partial charge in [-0.2, -0.15) is 0 Å². The Kier molecular flexibility index (Phi) is 4.63. The molecule has 2 heterocycles. The lowest BCUT2D eigenvalue weighted by atomic mass is 9.93. The Hall–Kier alpha value is -4.19. The number of ketones is 1. The average molecular weight is 423 g/mol. The Bertz CT molecular complexity index is 1370. The topological polar surface area (TPSA) is 86.3 Å². The highest BCUT2D eigenvalue weighted by atomic mass is 16.3. The van der Waals surface area contributed by atoms with Crippen LogP contribution in [0.4, 0.5) is 5.95 Å². The van der Waals surface area contributed by atoms with Gasteiger partial charge in [-0.3, -0.25) is 14.5 Å². The molecular formula is C26H21N3O3. The smallest absolute Gasteiger partial charge is 0.302 e. The molecule has 1 aromatic heterocycles. The number of benzene rings is 3. The van der Waals surface area contributed by atoms with Gasteiger partial charge in [-0.25, -0.2) is 4.98 Å². The van der Waals surface area contributed by atoms with Gasteiger partial charge in [0.1, 0.15) is 5.76 Å². The zero-order valence-corrected chi connectivity index (χ0v) is 17.7. The number of anilines is 1. The standard InChI is InChI=1S/C26H21N3O3/c1-15-12-13-16(2)18(14-15)23(30)21-22(17-8-4-3-5-9-17)29(25(32)24(21)31)26-27-19-10-6-7-11-20(19)28-26/h3-14,22,30H,1-2H3,(H,27,28)/b23-21+. The van der Waals surface area contributed by atoms with Crippen LogP contribution in [0.15, 0.2) is 78.4 Å².